The van der Waals surface area contributed by atoms with E-state index in [1.54, 1.807) is 0 Å². The number of amides is 2. The van der Waals surface area contributed by atoms with E-state index in [1.807, 2.05) is 0 Å². The molecule has 0 aliphatic carbocycles. The van der Waals surface area contributed by atoms with Gasteiger partial charge in [0.1, 0.15) is 0 Å². The summed E-state index contributed by atoms with van der Waals surface area (Å²) in [6.45, 7) is 2.12. The van der Waals surface area contributed by atoms with Gasteiger partial charge in [-0.1, -0.05) is 0 Å². The number of anilines is 2. The topological polar surface area (TPSA) is 70.2 Å². The van der Waals surface area contributed by atoms with Crippen LogP contribution in [0.5, 0.6) is 0 Å². The number of carbonyl (C=O) groups is 2. The lowest BCUT2D eigenvalue weighted by Crippen LogP contribution is -2.27. The average molecular weight is 334 g/mol. The Hall–Kier alpha value is -1.73. The number of hydrogen-bond acceptors (Lipinski definition) is 3. The lowest BCUT2D eigenvalue weighted by atomic mass is 10.1. The second kappa shape index (κ2) is 8.05. The van der Waals surface area contributed by atoms with Gasteiger partial charge in [-0.15, -0.1) is 12.4 Å². The minimum Gasteiger partial charge on any atom is -0.324 e. The number of hydrogen-bond donors (Lipinski definition) is 3. The van der Waals surface area contributed by atoms with Gasteiger partial charge in [-0.3, -0.25) is 9.59 Å². The maximum Gasteiger partial charge on any atom is 0.225 e. The molecule has 1 atom stereocenters. The molecule has 1 aliphatic rings. The van der Waals surface area contributed by atoms with Crippen molar-refractivity contribution in [1.29, 1.82) is 0 Å². The summed E-state index contributed by atoms with van der Waals surface area (Å²) in [5, 5.41) is 8.05. The van der Waals surface area contributed by atoms with E-state index in [4.69, 9.17) is 0 Å². The maximum absolute atomic E-state index is 13.3. The van der Waals surface area contributed by atoms with Crippen LogP contribution in [0.2, 0.25) is 0 Å². The molecule has 1 unspecified atom stereocenters. The van der Waals surface area contributed by atoms with Gasteiger partial charge >= 0.3 is 0 Å². The Bertz CT molecular complexity index is 563. The Kier molecular flexibility index (Phi) is 6.70. The Morgan fingerprint density at radius 2 is 1.82 bits per heavy atom. The summed E-state index contributed by atoms with van der Waals surface area (Å²) in [5.41, 5.74) is 0.0845. The normalized spacial score (nSPS) is 16.8. The quantitative estimate of drug-likeness (QED) is 0.792. The molecular weight excluding hydrogens is 316 g/mol. The molecule has 1 saturated heterocycles. The van der Waals surface area contributed by atoms with Crippen molar-refractivity contribution in [1.82, 2.24) is 5.32 Å². The predicted octanol–water partition coefficient (Wildman–Crippen LogP) is 2.43. The second-order valence-corrected chi connectivity index (χ2v) is 5.04. The Morgan fingerprint density at radius 3 is 2.32 bits per heavy atom. The van der Waals surface area contributed by atoms with E-state index in [2.05, 4.69) is 16.0 Å². The van der Waals surface area contributed by atoms with Crippen molar-refractivity contribution in [2.75, 3.05) is 17.2 Å². The van der Waals surface area contributed by atoms with Crippen LogP contribution in [0.4, 0.5) is 20.2 Å². The van der Waals surface area contributed by atoms with Crippen molar-refractivity contribution < 1.29 is 18.4 Å². The van der Waals surface area contributed by atoms with Gasteiger partial charge in [-0.2, -0.15) is 0 Å². The fraction of sp³-hybridized carbons (Fsp3) is 0.429. The van der Waals surface area contributed by atoms with E-state index in [0.29, 0.717) is 0 Å². The van der Waals surface area contributed by atoms with Crippen LogP contribution in [0.15, 0.2) is 12.1 Å². The molecule has 0 bridgehead atoms. The molecular formula is C14H18ClF2N3O2. The van der Waals surface area contributed by atoms with Crippen LogP contribution >= 0.6 is 12.4 Å². The number of rotatable bonds is 4. The van der Waals surface area contributed by atoms with E-state index >= 15 is 0 Å². The van der Waals surface area contributed by atoms with Crippen LogP contribution in [0.1, 0.15) is 26.2 Å². The first-order valence-corrected chi connectivity index (χ1v) is 6.75. The summed E-state index contributed by atoms with van der Waals surface area (Å²) in [6, 6.07) is 1.81. The molecule has 0 saturated carbocycles. The van der Waals surface area contributed by atoms with Gasteiger partial charge in [0, 0.05) is 31.5 Å². The predicted molar refractivity (Wildman–Crippen MR) is 82.2 cm³/mol. The van der Waals surface area contributed by atoms with Crippen molar-refractivity contribution in [3.8, 4) is 0 Å². The smallest absolute Gasteiger partial charge is 0.225 e. The molecule has 1 aromatic carbocycles. The lowest BCUT2D eigenvalue weighted by molar-refractivity contribution is -0.117. The van der Waals surface area contributed by atoms with Gasteiger partial charge in [-0.05, 0) is 19.4 Å². The van der Waals surface area contributed by atoms with Gasteiger partial charge in [0.2, 0.25) is 11.8 Å². The van der Waals surface area contributed by atoms with Gasteiger partial charge in [0.05, 0.1) is 11.4 Å². The highest BCUT2D eigenvalue weighted by molar-refractivity contribution is 5.99. The lowest BCUT2D eigenvalue weighted by Gasteiger charge is -2.14. The summed E-state index contributed by atoms with van der Waals surface area (Å²) in [4.78, 5) is 23.0. The molecule has 2 amide bonds. The summed E-state index contributed by atoms with van der Waals surface area (Å²) in [5.74, 6) is -2.92. The standard InChI is InChI=1S/C14H17F2N3O2.ClH/c1-8(20)18-12-6-10(15)11(16)7-13(12)19-14(21)5-9-3-2-4-17-9;/h6-7,9,17H,2-5H2,1H3,(H,18,20)(H,19,21);1H. The highest BCUT2D eigenvalue weighted by Crippen LogP contribution is 2.25. The summed E-state index contributed by atoms with van der Waals surface area (Å²) in [6.07, 6.45) is 2.17. The van der Waals surface area contributed by atoms with Crippen LogP contribution in [0.25, 0.3) is 0 Å². The van der Waals surface area contributed by atoms with Gasteiger partial charge < -0.3 is 16.0 Å². The molecule has 1 fully saturated rings. The first-order chi connectivity index (χ1) is 9.95. The third-order valence-corrected chi connectivity index (χ3v) is 3.24. The fourth-order valence-electron chi connectivity index (χ4n) is 2.30. The number of benzene rings is 1. The van der Waals surface area contributed by atoms with Crippen molar-refractivity contribution in [2.45, 2.75) is 32.2 Å². The zero-order valence-electron chi connectivity index (χ0n) is 12.0. The number of halogens is 3. The van der Waals surface area contributed by atoms with Crippen molar-refractivity contribution in [3.05, 3.63) is 23.8 Å². The SMILES string of the molecule is CC(=O)Nc1cc(F)c(F)cc1NC(=O)CC1CCCN1.Cl. The maximum atomic E-state index is 13.3. The highest BCUT2D eigenvalue weighted by atomic mass is 35.5. The molecule has 2 rings (SSSR count). The van der Waals surface area contributed by atoms with Crippen molar-refractivity contribution >= 4 is 35.6 Å². The fourth-order valence-corrected chi connectivity index (χ4v) is 2.30. The van der Waals surface area contributed by atoms with Crippen molar-refractivity contribution in [2.24, 2.45) is 0 Å². The Labute approximate surface area is 133 Å². The molecule has 1 aromatic rings. The van der Waals surface area contributed by atoms with E-state index in [1.165, 1.54) is 6.92 Å². The molecule has 0 spiro atoms. The summed E-state index contributed by atoms with van der Waals surface area (Å²) in [7, 11) is 0. The van der Waals surface area contributed by atoms with Crippen LogP contribution in [0.3, 0.4) is 0 Å². The zero-order chi connectivity index (χ0) is 15.4. The number of nitrogens with one attached hydrogen (secondary N) is 3. The zero-order valence-corrected chi connectivity index (χ0v) is 12.9. The Balaban J connectivity index is 0.00000242. The molecule has 8 heteroatoms. The van der Waals surface area contributed by atoms with E-state index in [-0.39, 0.29) is 42.2 Å². The third-order valence-electron chi connectivity index (χ3n) is 3.24. The third kappa shape index (κ3) is 4.92. The molecule has 1 heterocycles. The second-order valence-electron chi connectivity index (χ2n) is 5.04. The van der Waals surface area contributed by atoms with E-state index < -0.39 is 17.5 Å². The number of carbonyl (C=O) groups excluding carboxylic acids is 2. The monoisotopic (exact) mass is 333 g/mol. The van der Waals surface area contributed by atoms with Gasteiger partial charge in [-0.25, -0.2) is 8.78 Å². The first kappa shape index (κ1) is 18.3. The van der Waals surface area contributed by atoms with Crippen LogP contribution < -0.4 is 16.0 Å². The molecule has 0 radical (unpaired) electrons. The molecule has 1 aliphatic heterocycles. The Morgan fingerprint density at radius 1 is 1.23 bits per heavy atom. The summed E-state index contributed by atoms with van der Waals surface area (Å²) < 4.78 is 26.5. The van der Waals surface area contributed by atoms with Crippen LogP contribution in [-0.2, 0) is 9.59 Å². The molecule has 22 heavy (non-hydrogen) atoms. The minimum atomic E-state index is -1.09. The van der Waals surface area contributed by atoms with Crippen LogP contribution in [-0.4, -0.2) is 24.4 Å². The van der Waals surface area contributed by atoms with Gasteiger partial charge in [0.25, 0.3) is 0 Å². The van der Waals surface area contributed by atoms with E-state index in [9.17, 15) is 18.4 Å². The summed E-state index contributed by atoms with van der Waals surface area (Å²) >= 11 is 0. The highest BCUT2D eigenvalue weighted by Gasteiger charge is 2.19. The largest absolute Gasteiger partial charge is 0.324 e. The van der Waals surface area contributed by atoms with E-state index in [0.717, 1.165) is 31.5 Å². The van der Waals surface area contributed by atoms with Crippen molar-refractivity contribution in [3.63, 3.8) is 0 Å². The molecule has 122 valence electrons. The molecule has 3 N–H and O–H groups in total. The van der Waals surface area contributed by atoms with Gasteiger partial charge in [0.15, 0.2) is 11.6 Å². The molecule has 5 nitrogen and oxygen atoms in total. The van der Waals surface area contributed by atoms with Crippen LogP contribution in [0, 0.1) is 11.6 Å². The first-order valence-electron chi connectivity index (χ1n) is 6.75. The minimum absolute atomic E-state index is 0. The average Bonchev–Trinajstić information content (AvgIpc) is 2.87. The molecule has 0 aromatic heterocycles.